The van der Waals surface area contributed by atoms with Crippen molar-refractivity contribution in [2.45, 2.75) is 57.9 Å². The Balaban J connectivity index is 1.40. The van der Waals surface area contributed by atoms with Crippen LogP contribution in [0.1, 0.15) is 51.9 Å². The fourth-order valence-corrected chi connectivity index (χ4v) is 4.74. The van der Waals surface area contributed by atoms with E-state index >= 15 is 0 Å². The number of hydrogen-bond donors (Lipinski definition) is 1. The fraction of sp³-hybridized carbons (Fsp3) is 0.875. The molecule has 0 saturated heterocycles. The Hall–Kier alpha value is -0.300. The summed E-state index contributed by atoms with van der Waals surface area (Å²) in [6.07, 6.45) is 10.0. The molecule has 5 atom stereocenters. The molecule has 1 heteroatoms. The molecule has 3 saturated carbocycles. The van der Waals surface area contributed by atoms with Gasteiger partial charge in [0.25, 0.3) is 0 Å². The summed E-state index contributed by atoms with van der Waals surface area (Å²) in [7, 11) is 0. The van der Waals surface area contributed by atoms with Crippen molar-refractivity contribution < 1.29 is 0 Å². The van der Waals surface area contributed by atoms with Crippen LogP contribution in [0, 0.1) is 23.7 Å². The molecule has 2 bridgehead atoms. The molecule has 1 N–H and O–H groups in total. The summed E-state index contributed by atoms with van der Waals surface area (Å²) in [4.78, 5) is 0. The summed E-state index contributed by atoms with van der Waals surface area (Å²) >= 11 is 0. The molecule has 3 aliphatic rings. The van der Waals surface area contributed by atoms with Gasteiger partial charge in [0.2, 0.25) is 0 Å². The van der Waals surface area contributed by atoms with E-state index in [2.05, 4.69) is 18.8 Å². The molecule has 3 aliphatic carbocycles. The molecule has 1 nitrogen and oxygen atoms in total. The van der Waals surface area contributed by atoms with Gasteiger partial charge in [-0.1, -0.05) is 5.57 Å². The number of rotatable bonds is 6. The predicted molar refractivity (Wildman–Crippen MR) is 72.9 cm³/mol. The Bertz CT molecular complexity index is 289. The average molecular weight is 233 g/mol. The van der Waals surface area contributed by atoms with Crippen molar-refractivity contribution in [3.8, 4) is 0 Å². The van der Waals surface area contributed by atoms with Crippen molar-refractivity contribution in [2.75, 3.05) is 6.54 Å². The van der Waals surface area contributed by atoms with Crippen LogP contribution in [0.3, 0.4) is 0 Å². The van der Waals surface area contributed by atoms with Gasteiger partial charge in [-0.15, -0.1) is 6.58 Å². The third-order valence-corrected chi connectivity index (χ3v) is 5.54. The van der Waals surface area contributed by atoms with Gasteiger partial charge in [0.05, 0.1) is 0 Å². The molecule has 3 rings (SSSR count). The predicted octanol–water partition coefficient (Wildman–Crippen LogP) is 3.76. The quantitative estimate of drug-likeness (QED) is 0.544. The van der Waals surface area contributed by atoms with Gasteiger partial charge < -0.3 is 5.32 Å². The van der Waals surface area contributed by atoms with Crippen molar-refractivity contribution in [3.05, 3.63) is 12.2 Å². The fourth-order valence-electron chi connectivity index (χ4n) is 4.74. The maximum Gasteiger partial charge on any atom is 0.0129 e. The van der Waals surface area contributed by atoms with Crippen molar-refractivity contribution in [1.82, 2.24) is 5.32 Å². The molecule has 0 heterocycles. The van der Waals surface area contributed by atoms with E-state index < -0.39 is 0 Å². The molecule has 0 aromatic carbocycles. The molecule has 3 fully saturated rings. The minimum atomic E-state index is 0.900. The van der Waals surface area contributed by atoms with Gasteiger partial charge in [-0.2, -0.15) is 0 Å². The first kappa shape index (κ1) is 11.8. The topological polar surface area (TPSA) is 12.0 Å². The number of allylic oxidation sites excluding steroid dienone is 1. The molecule has 0 spiro atoms. The van der Waals surface area contributed by atoms with Crippen LogP contribution < -0.4 is 5.32 Å². The maximum atomic E-state index is 3.97. The van der Waals surface area contributed by atoms with E-state index in [1.165, 1.54) is 37.8 Å². The van der Waals surface area contributed by atoms with E-state index in [4.69, 9.17) is 0 Å². The monoisotopic (exact) mass is 233 g/mol. The van der Waals surface area contributed by atoms with Gasteiger partial charge >= 0.3 is 0 Å². The van der Waals surface area contributed by atoms with Crippen LogP contribution >= 0.6 is 0 Å². The molecule has 5 unspecified atom stereocenters. The average Bonchev–Trinajstić information content (AvgIpc) is 2.48. The molecule has 0 amide bonds. The van der Waals surface area contributed by atoms with Gasteiger partial charge in [0, 0.05) is 6.04 Å². The van der Waals surface area contributed by atoms with Crippen LogP contribution in [0.15, 0.2) is 12.2 Å². The largest absolute Gasteiger partial charge is 0.313 e. The summed E-state index contributed by atoms with van der Waals surface area (Å²) in [5, 5.41) is 3.89. The second-order valence-corrected chi connectivity index (χ2v) is 6.80. The Morgan fingerprint density at radius 3 is 2.71 bits per heavy atom. The lowest BCUT2D eigenvalue weighted by Crippen LogP contribution is -2.49. The van der Waals surface area contributed by atoms with Crippen LogP contribution in [0.4, 0.5) is 0 Å². The van der Waals surface area contributed by atoms with Gasteiger partial charge in [-0.25, -0.2) is 0 Å². The SMILES string of the molecule is C=C(C)CCCCNC1C2CCC3CC(C2)C31. The van der Waals surface area contributed by atoms with Crippen LogP contribution in [0.5, 0.6) is 0 Å². The van der Waals surface area contributed by atoms with Crippen molar-refractivity contribution >= 4 is 0 Å². The van der Waals surface area contributed by atoms with Gasteiger partial charge in [0.1, 0.15) is 0 Å². The van der Waals surface area contributed by atoms with E-state index in [9.17, 15) is 0 Å². The van der Waals surface area contributed by atoms with Crippen molar-refractivity contribution in [3.63, 3.8) is 0 Å². The zero-order chi connectivity index (χ0) is 11.8. The van der Waals surface area contributed by atoms with Crippen molar-refractivity contribution in [1.29, 1.82) is 0 Å². The first-order chi connectivity index (χ1) is 8.25. The number of fused-ring (bicyclic) bond motifs is 1. The first-order valence-electron chi connectivity index (χ1n) is 7.63. The number of unbranched alkanes of at least 4 members (excludes halogenated alkanes) is 1. The summed E-state index contributed by atoms with van der Waals surface area (Å²) in [6, 6.07) is 0.900. The zero-order valence-corrected chi connectivity index (χ0v) is 11.3. The van der Waals surface area contributed by atoms with E-state index in [0.29, 0.717) is 0 Å². The second kappa shape index (κ2) is 4.76. The lowest BCUT2D eigenvalue weighted by atomic mass is 9.62. The minimum absolute atomic E-state index is 0.900. The van der Waals surface area contributed by atoms with Gasteiger partial charge in [-0.3, -0.25) is 0 Å². The third kappa shape index (κ3) is 2.19. The molecular formula is C16H27N. The van der Waals surface area contributed by atoms with Crippen LogP contribution in [0.2, 0.25) is 0 Å². The molecule has 96 valence electrons. The van der Waals surface area contributed by atoms with Gasteiger partial charge in [-0.05, 0) is 82.1 Å². The first-order valence-corrected chi connectivity index (χ1v) is 7.63. The standard InChI is InChI=1S/C16H27N/c1-11(2)5-3-4-8-17-16-13-7-6-12-9-14(10-13)15(12)16/h12-17H,1,3-10H2,2H3. The Morgan fingerprint density at radius 2 is 1.88 bits per heavy atom. The molecule has 0 aromatic heterocycles. The van der Waals surface area contributed by atoms with Crippen LogP contribution in [-0.2, 0) is 0 Å². The third-order valence-electron chi connectivity index (χ3n) is 5.54. The summed E-state index contributed by atoms with van der Waals surface area (Å²) in [5.74, 6) is 4.33. The molecule has 0 aliphatic heterocycles. The maximum absolute atomic E-state index is 3.97. The van der Waals surface area contributed by atoms with Crippen LogP contribution in [-0.4, -0.2) is 12.6 Å². The highest BCUT2D eigenvalue weighted by atomic mass is 15.0. The number of nitrogens with one attached hydrogen (secondary N) is 1. The minimum Gasteiger partial charge on any atom is -0.313 e. The van der Waals surface area contributed by atoms with Crippen LogP contribution in [0.25, 0.3) is 0 Å². The van der Waals surface area contributed by atoms with Gasteiger partial charge in [0.15, 0.2) is 0 Å². The molecular weight excluding hydrogens is 206 g/mol. The highest BCUT2D eigenvalue weighted by Gasteiger charge is 2.56. The Labute approximate surface area is 106 Å². The van der Waals surface area contributed by atoms with E-state index in [1.807, 2.05) is 0 Å². The highest BCUT2D eigenvalue weighted by Crippen LogP contribution is 2.60. The lowest BCUT2D eigenvalue weighted by molar-refractivity contribution is 0.0538. The van der Waals surface area contributed by atoms with Crippen molar-refractivity contribution in [2.24, 2.45) is 23.7 Å². The highest BCUT2D eigenvalue weighted by molar-refractivity contribution is 5.08. The normalized spacial score (nSPS) is 42.3. The van der Waals surface area contributed by atoms with E-state index in [-0.39, 0.29) is 0 Å². The smallest absolute Gasteiger partial charge is 0.0129 e. The summed E-state index contributed by atoms with van der Waals surface area (Å²) in [6.45, 7) is 7.35. The summed E-state index contributed by atoms with van der Waals surface area (Å²) in [5.41, 5.74) is 1.34. The molecule has 17 heavy (non-hydrogen) atoms. The molecule has 0 radical (unpaired) electrons. The Morgan fingerprint density at radius 1 is 1.12 bits per heavy atom. The lowest BCUT2D eigenvalue weighted by Gasteiger charge is -2.46. The van der Waals surface area contributed by atoms with E-state index in [1.54, 1.807) is 19.3 Å². The zero-order valence-electron chi connectivity index (χ0n) is 11.3. The Kier molecular flexibility index (Phi) is 3.30. The second-order valence-electron chi connectivity index (χ2n) is 6.80. The number of hydrogen-bond acceptors (Lipinski definition) is 1. The van der Waals surface area contributed by atoms with E-state index in [0.717, 1.165) is 29.7 Å². The molecule has 0 aromatic rings. The summed E-state index contributed by atoms with van der Waals surface area (Å²) < 4.78 is 0.